The first kappa shape index (κ1) is 12.1. The van der Waals surface area contributed by atoms with Gasteiger partial charge in [0.2, 0.25) is 5.91 Å². The lowest BCUT2D eigenvalue weighted by atomic mass is 10.1. The van der Waals surface area contributed by atoms with Crippen LogP contribution >= 0.6 is 0 Å². The van der Waals surface area contributed by atoms with Gasteiger partial charge in [-0.05, 0) is 36.2 Å². The Morgan fingerprint density at radius 2 is 2.00 bits per heavy atom. The average Bonchev–Trinajstić information content (AvgIpc) is 2.39. The van der Waals surface area contributed by atoms with Gasteiger partial charge in [-0.2, -0.15) is 0 Å². The van der Waals surface area contributed by atoms with Gasteiger partial charge in [0, 0.05) is 18.3 Å². The summed E-state index contributed by atoms with van der Waals surface area (Å²) in [6.45, 7) is 0. The first-order chi connectivity index (χ1) is 8.74. The van der Waals surface area contributed by atoms with Crippen molar-refractivity contribution in [2.75, 3.05) is 11.1 Å². The van der Waals surface area contributed by atoms with Crippen molar-refractivity contribution < 1.29 is 4.79 Å². The van der Waals surface area contributed by atoms with E-state index < -0.39 is 0 Å². The van der Waals surface area contributed by atoms with Gasteiger partial charge in [-0.15, -0.1) is 0 Å². The minimum Gasteiger partial charge on any atom is -0.399 e. The molecule has 0 saturated heterocycles. The maximum atomic E-state index is 11.7. The second kappa shape index (κ2) is 5.82. The number of nitrogens with two attached hydrogens (primary N) is 1. The fourth-order valence-corrected chi connectivity index (χ4v) is 1.60. The van der Waals surface area contributed by atoms with E-state index in [0.29, 0.717) is 12.8 Å². The van der Waals surface area contributed by atoms with Gasteiger partial charge in [-0.1, -0.05) is 12.1 Å². The van der Waals surface area contributed by atoms with E-state index in [4.69, 9.17) is 5.73 Å². The highest BCUT2D eigenvalue weighted by molar-refractivity contribution is 5.90. The molecule has 18 heavy (non-hydrogen) atoms. The van der Waals surface area contributed by atoms with Crippen molar-refractivity contribution in [2.45, 2.75) is 12.8 Å². The summed E-state index contributed by atoms with van der Waals surface area (Å²) in [5.74, 6) is -0.0141. The molecular weight excluding hydrogens is 226 g/mol. The summed E-state index contributed by atoms with van der Waals surface area (Å²) in [6, 6.07) is 11.2. The van der Waals surface area contributed by atoms with Crippen molar-refractivity contribution >= 4 is 17.3 Å². The van der Waals surface area contributed by atoms with Gasteiger partial charge >= 0.3 is 0 Å². The van der Waals surface area contributed by atoms with E-state index in [1.807, 2.05) is 30.3 Å². The maximum absolute atomic E-state index is 11.7. The summed E-state index contributed by atoms with van der Waals surface area (Å²) in [4.78, 5) is 15.6. The number of nitrogen functional groups attached to an aromatic ring is 1. The van der Waals surface area contributed by atoms with Crippen LogP contribution in [-0.4, -0.2) is 10.9 Å². The van der Waals surface area contributed by atoms with Gasteiger partial charge in [0.1, 0.15) is 0 Å². The molecule has 1 heterocycles. The molecule has 0 spiro atoms. The molecule has 1 aromatic heterocycles. The summed E-state index contributed by atoms with van der Waals surface area (Å²) >= 11 is 0. The molecule has 2 aromatic rings. The van der Waals surface area contributed by atoms with Crippen molar-refractivity contribution in [2.24, 2.45) is 0 Å². The summed E-state index contributed by atoms with van der Waals surface area (Å²) in [7, 11) is 0. The highest BCUT2D eigenvalue weighted by Crippen LogP contribution is 2.09. The predicted octanol–water partition coefficient (Wildman–Crippen LogP) is 2.24. The van der Waals surface area contributed by atoms with Crippen molar-refractivity contribution in [3.05, 3.63) is 54.4 Å². The molecule has 92 valence electrons. The number of anilines is 2. The Bertz CT molecular complexity index is 508. The van der Waals surface area contributed by atoms with E-state index in [9.17, 15) is 4.79 Å². The van der Waals surface area contributed by atoms with Crippen molar-refractivity contribution in [1.82, 2.24) is 4.98 Å². The third kappa shape index (κ3) is 3.59. The lowest BCUT2D eigenvalue weighted by Crippen LogP contribution is -2.12. The van der Waals surface area contributed by atoms with Crippen molar-refractivity contribution in [3.63, 3.8) is 0 Å². The second-order valence-electron chi connectivity index (χ2n) is 4.03. The minimum atomic E-state index is -0.0141. The summed E-state index contributed by atoms with van der Waals surface area (Å²) in [5.41, 5.74) is 8.16. The molecule has 4 nitrogen and oxygen atoms in total. The summed E-state index contributed by atoms with van der Waals surface area (Å²) < 4.78 is 0. The zero-order chi connectivity index (χ0) is 12.8. The van der Waals surface area contributed by atoms with E-state index in [1.165, 1.54) is 0 Å². The van der Waals surface area contributed by atoms with Crippen LogP contribution in [0, 0.1) is 0 Å². The Kier molecular flexibility index (Phi) is 3.91. The fraction of sp³-hybridized carbons (Fsp3) is 0.143. The minimum absolute atomic E-state index is 0.0141. The molecule has 0 fully saturated rings. The lowest BCUT2D eigenvalue weighted by molar-refractivity contribution is -0.116. The van der Waals surface area contributed by atoms with E-state index in [1.54, 1.807) is 18.5 Å². The molecule has 3 N–H and O–H groups in total. The van der Waals surface area contributed by atoms with Gasteiger partial charge in [0.25, 0.3) is 0 Å². The molecule has 0 aliphatic carbocycles. The number of aryl methyl sites for hydroxylation is 1. The number of carbonyl (C=O) groups excluding carboxylic acids is 1. The monoisotopic (exact) mass is 241 g/mol. The van der Waals surface area contributed by atoms with Crippen LogP contribution in [-0.2, 0) is 11.2 Å². The van der Waals surface area contributed by atoms with Gasteiger partial charge in [-0.25, -0.2) is 0 Å². The zero-order valence-corrected chi connectivity index (χ0v) is 9.97. The average molecular weight is 241 g/mol. The van der Waals surface area contributed by atoms with Gasteiger partial charge in [0.15, 0.2) is 0 Å². The number of rotatable bonds is 4. The van der Waals surface area contributed by atoms with E-state index in [0.717, 1.165) is 16.9 Å². The molecule has 2 rings (SSSR count). The number of carbonyl (C=O) groups is 1. The molecule has 0 atom stereocenters. The molecule has 0 radical (unpaired) electrons. The Morgan fingerprint density at radius 1 is 1.22 bits per heavy atom. The molecule has 1 amide bonds. The SMILES string of the molecule is Nc1ccc(CCC(=O)Nc2cccnc2)cc1. The smallest absolute Gasteiger partial charge is 0.224 e. The van der Waals surface area contributed by atoms with Crippen molar-refractivity contribution in [3.8, 4) is 0 Å². The van der Waals surface area contributed by atoms with E-state index in [2.05, 4.69) is 10.3 Å². The summed E-state index contributed by atoms with van der Waals surface area (Å²) in [6.07, 6.45) is 4.44. The van der Waals surface area contributed by atoms with Gasteiger partial charge < -0.3 is 11.1 Å². The summed E-state index contributed by atoms with van der Waals surface area (Å²) in [5, 5.41) is 2.80. The number of nitrogens with one attached hydrogen (secondary N) is 1. The Labute approximate surface area is 106 Å². The standard InChI is InChI=1S/C14H15N3O/c15-12-6-3-11(4-7-12)5-8-14(18)17-13-2-1-9-16-10-13/h1-4,6-7,9-10H,5,8,15H2,(H,17,18). The van der Waals surface area contributed by atoms with Crippen LogP contribution in [0.4, 0.5) is 11.4 Å². The van der Waals surface area contributed by atoms with Crippen molar-refractivity contribution in [1.29, 1.82) is 0 Å². The van der Waals surface area contributed by atoms with Crippen LogP contribution in [0.5, 0.6) is 0 Å². The fourth-order valence-electron chi connectivity index (χ4n) is 1.60. The largest absolute Gasteiger partial charge is 0.399 e. The number of aromatic nitrogens is 1. The first-order valence-electron chi connectivity index (χ1n) is 5.78. The molecule has 4 heteroatoms. The van der Waals surface area contributed by atoms with Gasteiger partial charge in [-0.3, -0.25) is 9.78 Å². The normalized spacial score (nSPS) is 10.0. The third-order valence-electron chi connectivity index (χ3n) is 2.57. The number of pyridine rings is 1. The highest BCUT2D eigenvalue weighted by Gasteiger charge is 2.02. The topological polar surface area (TPSA) is 68.0 Å². The van der Waals surface area contributed by atoms with Crippen LogP contribution in [0.1, 0.15) is 12.0 Å². The van der Waals surface area contributed by atoms with Crippen LogP contribution in [0.15, 0.2) is 48.8 Å². The predicted molar refractivity (Wildman–Crippen MR) is 72.0 cm³/mol. The molecule has 0 bridgehead atoms. The first-order valence-corrected chi connectivity index (χ1v) is 5.78. The number of nitrogens with zero attached hydrogens (tertiary/aromatic N) is 1. The molecule has 1 aromatic carbocycles. The van der Waals surface area contributed by atoms with E-state index in [-0.39, 0.29) is 5.91 Å². The number of hydrogen-bond acceptors (Lipinski definition) is 3. The molecule has 0 saturated carbocycles. The van der Waals surface area contributed by atoms with Crippen LogP contribution in [0.2, 0.25) is 0 Å². The maximum Gasteiger partial charge on any atom is 0.224 e. The molecule has 0 unspecified atom stereocenters. The van der Waals surface area contributed by atoms with Gasteiger partial charge in [0.05, 0.1) is 11.9 Å². The third-order valence-corrected chi connectivity index (χ3v) is 2.57. The number of hydrogen-bond donors (Lipinski definition) is 2. The Morgan fingerprint density at radius 3 is 2.67 bits per heavy atom. The number of benzene rings is 1. The quantitative estimate of drug-likeness (QED) is 0.806. The Hall–Kier alpha value is -2.36. The van der Waals surface area contributed by atoms with Crippen LogP contribution in [0.3, 0.4) is 0 Å². The molecular formula is C14H15N3O. The zero-order valence-electron chi connectivity index (χ0n) is 9.97. The lowest BCUT2D eigenvalue weighted by Gasteiger charge is -2.04. The van der Waals surface area contributed by atoms with E-state index >= 15 is 0 Å². The molecule has 0 aliphatic rings. The number of amides is 1. The Balaban J connectivity index is 1.83. The highest BCUT2D eigenvalue weighted by atomic mass is 16.1. The molecule has 0 aliphatic heterocycles. The van der Waals surface area contributed by atoms with Crippen LogP contribution in [0.25, 0.3) is 0 Å². The second-order valence-corrected chi connectivity index (χ2v) is 4.03. The van der Waals surface area contributed by atoms with Crippen LogP contribution < -0.4 is 11.1 Å².